The molecule has 3 saturated carbocycles. The summed E-state index contributed by atoms with van der Waals surface area (Å²) in [5.74, 6) is 6.92. The monoisotopic (exact) mass is 370 g/mol. The third-order valence-corrected chi connectivity index (χ3v) is 10.4. The summed E-state index contributed by atoms with van der Waals surface area (Å²) in [4.78, 5) is 0. The second kappa shape index (κ2) is 7.53. The zero-order valence-corrected chi connectivity index (χ0v) is 19.0. The first-order chi connectivity index (χ1) is 12.9. The Kier molecular flexibility index (Phi) is 5.59. The van der Waals surface area contributed by atoms with Crippen LogP contribution in [0.3, 0.4) is 0 Å². The molecule has 0 heterocycles. The maximum absolute atomic E-state index is 2.74. The summed E-state index contributed by atoms with van der Waals surface area (Å²) in [5, 5.41) is 0. The predicted octanol–water partition coefficient (Wildman–Crippen LogP) is 8.27. The first-order valence-corrected chi connectivity index (χ1v) is 12.5. The van der Waals surface area contributed by atoms with Gasteiger partial charge in [0.25, 0.3) is 0 Å². The first kappa shape index (κ1) is 20.0. The summed E-state index contributed by atoms with van der Waals surface area (Å²) < 4.78 is 0. The normalized spacial score (nSPS) is 47.4. The molecule has 4 aliphatic carbocycles. The van der Waals surface area contributed by atoms with Crippen LogP contribution in [0.25, 0.3) is 0 Å². The molecule has 0 aromatic heterocycles. The lowest BCUT2D eigenvalue weighted by molar-refractivity contribution is -0.101. The molecular weight excluding hydrogens is 324 g/mol. The zero-order chi connectivity index (χ0) is 19.2. The SMILES string of the molecule is CC(C)CCC[C@H](C)[C@H]1CC[C@H]2[C@@H]3CC[C@H]4CC=CC[C@]4(C)[C@H]3CC[C@]12C. The highest BCUT2D eigenvalue weighted by Crippen LogP contribution is 2.68. The highest BCUT2D eigenvalue weighted by Gasteiger charge is 2.59. The maximum atomic E-state index is 2.74. The van der Waals surface area contributed by atoms with Gasteiger partial charge in [0.2, 0.25) is 0 Å². The van der Waals surface area contributed by atoms with Gasteiger partial charge in [-0.1, -0.05) is 66.0 Å². The van der Waals surface area contributed by atoms with Crippen molar-refractivity contribution in [1.82, 2.24) is 0 Å². The van der Waals surface area contributed by atoms with Crippen molar-refractivity contribution in [2.75, 3.05) is 0 Å². The molecule has 0 heteroatoms. The highest BCUT2D eigenvalue weighted by molar-refractivity contribution is 5.12. The summed E-state index contributed by atoms with van der Waals surface area (Å²) in [6, 6.07) is 0. The van der Waals surface area contributed by atoms with E-state index in [1.54, 1.807) is 12.8 Å². The highest BCUT2D eigenvalue weighted by atomic mass is 14.6. The van der Waals surface area contributed by atoms with Crippen LogP contribution in [0.4, 0.5) is 0 Å². The van der Waals surface area contributed by atoms with E-state index in [2.05, 4.69) is 46.8 Å². The average Bonchev–Trinajstić information content (AvgIpc) is 2.98. The molecule has 3 fully saturated rings. The Hall–Kier alpha value is -0.260. The second-order valence-corrected chi connectivity index (χ2v) is 12.1. The van der Waals surface area contributed by atoms with Gasteiger partial charge in [0.15, 0.2) is 0 Å². The topological polar surface area (TPSA) is 0 Å². The summed E-state index contributed by atoms with van der Waals surface area (Å²) in [6.45, 7) is 12.8. The molecule has 0 saturated heterocycles. The van der Waals surface area contributed by atoms with E-state index in [0.717, 1.165) is 41.4 Å². The summed E-state index contributed by atoms with van der Waals surface area (Å²) in [7, 11) is 0. The van der Waals surface area contributed by atoms with Gasteiger partial charge in [0.1, 0.15) is 0 Å². The van der Waals surface area contributed by atoms with Crippen molar-refractivity contribution in [1.29, 1.82) is 0 Å². The number of hydrogen-bond donors (Lipinski definition) is 0. The lowest BCUT2D eigenvalue weighted by Crippen LogP contribution is -2.52. The fourth-order valence-electron chi connectivity index (χ4n) is 8.86. The van der Waals surface area contributed by atoms with E-state index >= 15 is 0 Å². The molecule has 0 radical (unpaired) electrons. The van der Waals surface area contributed by atoms with E-state index in [1.807, 2.05) is 0 Å². The predicted molar refractivity (Wildman–Crippen MR) is 118 cm³/mol. The molecular formula is C27H46. The van der Waals surface area contributed by atoms with Crippen LogP contribution in [-0.4, -0.2) is 0 Å². The van der Waals surface area contributed by atoms with Gasteiger partial charge in [-0.05, 0) is 104 Å². The minimum absolute atomic E-state index is 0.625. The molecule has 4 rings (SSSR count). The molecule has 0 aliphatic heterocycles. The molecule has 0 unspecified atom stereocenters. The van der Waals surface area contributed by atoms with Crippen LogP contribution in [0.5, 0.6) is 0 Å². The van der Waals surface area contributed by atoms with Crippen molar-refractivity contribution < 1.29 is 0 Å². The Morgan fingerprint density at radius 1 is 0.852 bits per heavy atom. The van der Waals surface area contributed by atoms with E-state index in [4.69, 9.17) is 0 Å². The smallest absolute Gasteiger partial charge is 0.0229 e. The van der Waals surface area contributed by atoms with E-state index in [9.17, 15) is 0 Å². The van der Waals surface area contributed by atoms with Crippen molar-refractivity contribution in [3.05, 3.63) is 12.2 Å². The lowest BCUT2D eigenvalue weighted by atomic mass is 9.45. The van der Waals surface area contributed by atoms with Crippen molar-refractivity contribution in [3.8, 4) is 0 Å². The van der Waals surface area contributed by atoms with Crippen molar-refractivity contribution >= 4 is 0 Å². The van der Waals surface area contributed by atoms with E-state index in [1.165, 1.54) is 57.8 Å². The van der Waals surface area contributed by atoms with E-state index < -0.39 is 0 Å². The minimum atomic E-state index is 0.625. The number of fused-ring (bicyclic) bond motifs is 5. The molecule has 0 N–H and O–H groups in total. The van der Waals surface area contributed by atoms with Crippen LogP contribution in [0, 0.1) is 52.3 Å². The molecule has 4 aliphatic rings. The maximum Gasteiger partial charge on any atom is -0.0229 e. The van der Waals surface area contributed by atoms with Crippen LogP contribution < -0.4 is 0 Å². The van der Waals surface area contributed by atoms with Crippen molar-refractivity contribution in [2.45, 2.75) is 105 Å². The van der Waals surface area contributed by atoms with Gasteiger partial charge in [-0.25, -0.2) is 0 Å². The van der Waals surface area contributed by atoms with E-state index in [-0.39, 0.29) is 0 Å². The zero-order valence-electron chi connectivity index (χ0n) is 19.0. The molecule has 27 heavy (non-hydrogen) atoms. The van der Waals surface area contributed by atoms with Crippen LogP contribution in [-0.2, 0) is 0 Å². The molecule has 8 atom stereocenters. The third kappa shape index (κ3) is 3.36. The summed E-state index contributed by atoms with van der Waals surface area (Å²) in [5.41, 5.74) is 1.28. The number of hydrogen-bond acceptors (Lipinski definition) is 0. The summed E-state index contributed by atoms with van der Waals surface area (Å²) >= 11 is 0. The fourth-order valence-corrected chi connectivity index (χ4v) is 8.86. The standard InChI is InChI=1S/C27H46/c1-19(2)9-8-10-20(3)23-14-15-24-22-13-12-21-11-6-7-17-26(21,4)25(22)16-18-27(23,24)5/h6-7,19-25H,8-18H2,1-5H3/t20-,21+,22-,23+,24-,25-,26-,27+/m0/s1. The van der Waals surface area contributed by atoms with Gasteiger partial charge < -0.3 is 0 Å². The molecule has 154 valence electrons. The first-order valence-electron chi connectivity index (χ1n) is 12.5. The molecule has 0 aromatic rings. The fraction of sp³-hybridized carbons (Fsp3) is 0.926. The molecule has 0 spiro atoms. The summed E-state index contributed by atoms with van der Waals surface area (Å²) in [6.07, 6.45) is 21.3. The minimum Gasteiger partial charge on any atom is -0.0882 e. The Morgan fingerprint density at radius 2 is 1.63 bits per heavy atom. The number of rotatable bonds is 5. The van der Waals surface area contributed by atoms with Gasteiger partial charge in [0.05, 0.1) is 0 Å². The Bertz CT molecular complexity index is 544. The Labute approximate surface area is 170 Å². The van der Waals surface area contributed by atoms with Gasteiger partial charge in [0, 0.05) is 0 Å². The molecule has 0 aromatic carbocycles. The average molecular weight is 371 g/mol. The van der Waals surface area contributed by atoms with E-state index in [0.29, 0.717) is 10.8 Å². The third-order valence-electron chi connectivity index (χ3n) is 10.4. The van der Waals surface area contributed by atoms with Crippen molar-refractivity contribution in [2.24, 2.45) is 52.3 Å². The van der Waals surface area contributed by atoms with Gasteiger partial charge in [-0.15, -0.1) is 0 Å². The van der Waals surface area contributed by atoms with Crippen LogP contribution >= 0.6 is 0 Å². The second-order valence-electron chi connectivity index (χ2n) is 12.1. The van der Waals surface area contributed by atoms with Crippen LogP contribution in [0.1, 0.15) is 105 Å². The molecule has 0 nitrogen and oxygen atoms in total. The Balaban J connectivity index is 1.47. The largest absolute Gasteiger partial charge is 0.0882 e. The van der Waals surface area contributed by atoms with Crippen LogP contribution in [0.2, 0.25) is 0 Å². The van der Waals surface area contributed by atoms with Gasteiger partial charge in [-0.2, -0.15) is 0 Å². The molecule has 0 amide bonds. The lowest BCUT2D eigenvalue weighted by Gasteiger charge is -2.60. The Morgan fingerprint density at radius 3 is 2.41 bits per heavy atom. The quantitative estimate of drug-likeness (QED) is 0.427. The van der Waals surface area contributed by atoms with Crippen molar-refractivity contribution in [3.63, 3.8) is 0 Å². The number of allylic oxidation sites excluding steroid dienone is 2. The van der Waals surface area contributed by atoms with Crippen LogP contribution in [0.15, 0.2) is 12.2 Å². The van der Waals surface area contributed by atoms with Gasteiger partial charge >= 0.3 is 0 Å². The van der Waals surface area contributed by atoms with Gasteiger partial charge in [-0.3, -0.25) is 0 Å². The molecule has 0 bridgehead atoms.